The smallest absolute Gasteiger partial charge is 0.253 e. The Bertz CT molecular complexity index is 897. The molecule has 2 aliphatic heterocycles. The third kappa shape index (κ3) is 6.73. The fourth-order valence-electron chi connectivity index (χ4n) is 4.65. The molecule has 0 spiro atoms. The first-order valence-electron chi connectivity index (χ1n) is 12.1. The van der Waals surface area contributed by atoms with E-state index in [1.807, 2.05) is 29.2 Å². The molecule has 33 heavy (non-hydrogen) atoms. The van der Waals surface area contributed by atoms with E-state index in [0.717, 1.165) is 68.7 Å². The van der Waals surface area contributed by atoms with Crippen LogP contribution in [0.3, 0.4) is 0 Å². The van der Waals surface area contributed by atoms with E-state index in [2.05, 4.69) is 14.9 Å². The van der Waals surface area contributed by atoms with Crippen molar-refractivity contribution in [1.82, 2.24) is 19.8 Å². The number of hydrogen-bond donors (Lipinski definition) is 0. The Balaban J connectivity index is 1.26. The Morgan fingerprint density at radius 2 is 1.73 bits per heavy atom. The molecule has 2 aromatic rings. The Morgan fingerprint density at radius 3 is 2.33 bits per heavy atom. The van der Waals surface area contributed by atoms with E-state index in [1.165, 1.54) is 6.42 Å². The van der Waals surface area contributed by atoms with E-state index in [-0.39, 0.29) is 5.91 Å². The number of benzene rings is 1. The molecule has 7 heteroatoms. The summed E-state index contributed by atoms with van der Waals surface area (Å²) in [4.78, 5) is 25.7. The first-order valence-corrected chi connectivity index (χ1v) is 12.1. The van der Waals surface area contributed by atoms with Gasteiger partial charge in [0, 0.05) is 30.8 Å². The minimum Gasteiger partial charge on any atom is -0.476 e. The molecule has 4 rings (SSSR count). The maximum Gasteiger partial charge on any atom is 0.253 e. The van der Waals surface area contributed by atoms with Crippen molar-refractivity contribution >= 4 is 5.91 Å². The van der Waals surface area contributed by atoms with Crippen molar-refractivity contribution < 1.29 is 13.9 Å². The normalized spacial score (nSPS) is 18.3. The van der Waals surface area contributed by atoms with Crippen LogP contribution < -0.4 is 4.74 Å². The predicted molar refractivity (Wildman–Crippen MR) is 127 cm³/mol. The van der Waals surface area contributed by atoms with Gasteiger partial charge in [-0.15, -0.1) is 0 Å². The molecule has 3 heterocycles. The second-order valence-corrected chi connectivity index (χ2v) is 9.92. The zero-order valence-electron chi connectivity index (χ0n) is 19.8. The Morgan fingerprint density at radius 1 is 1.03 bits per heavy atom. The minimum atomic E-state index is -1.15. The molecule has 2 saturated heterocycles. The van der Waals surface area contributed by atoms with Crippen molar-refractivity contribution in [3.05, 3.63) is 42.2 Å². The van der Waals surface area contributed by atoms with Gasteiger partial charge in [0.2, 0.25) is 5.88 Å². The molecular formula is C26H35FN4O2. The van der Waals surface area contributed by atoms with Gasteiger partial charge < -0.3 is 14.5 Å². The highest BCUT2D eigenvalue weighted by molar-refractivity contribution is 5.94. The molecule has 0 aliphatic carbocycles. The first kappa shape index (κ1) is 23.6. The zero-order chi connectivity index (χ0) is 23.3. The number of ether oxygens (including phenoxy) is 1. The third-order valence-electron chi connectivity index (χ3n) is 6.47. The lowest BCUT2D eigenvalue weighted by atomic mass is 9.97. The molecule has 178 valence electrons. The molecule has 6 nitrogen and oxygen atoms in total. The van der Waals surface area contributed by atoms with Crippen molar-refractivity contribution in [3.63, 3.8) is 0 Å². The van der Waals surface area contributed by atoms with Crippen LogP contribution in [0, 0.1) is 5.92 Å². The molecule has 2 aliphatic rings. The van der Waals surface area contributed by atoms with Crippen LogP contribution in [0.2, 0.25) is 0 Å². The maximum atomic E-state index is 13.8. The standard InChI is InChI=1S/C26H35FN4O2/c1-26(2,27)19-30-14-10-20(11-15-30)18-33-24-17-28-23(16-29-24)21-6-8-22(9-7-21)25(32)31-12-4-3-5-13-31/h6-9,16-17,20H,3-5,10-15,18-19H2,1-2H3. The van der Waals surface area contributed by atoms with Crippen molar-refractivity contribution in [2.75, 3.05) is 39.3 Å². The van der Waals surface area contributed by atoms with Crippen LogP contribution >= 0.6 is 0 Å². The van der Waals surface area contributed by atoms with Gasteiger partial charge >= 0.3 is 0 Å². The van der Waals surface area contributed by atoms with E-state index in [4.69, 9.17) is 4.74 Å². The lowest BCUT2D eigenvalue weighted by molar-refractivity contribution is 0.0724. The highest BCUT2D eigenvalue weighted by Gasteiger charge is 2.25. The van der Waals surface area contributed by atoms with E-state index in [1.54, 1.807) is 26.2 Å². The zero-order valence-corrected chi connectivity index (χ0v) is 19.8. The Hall–Kier alpha value is -2.54. The van der Waals surface area contributed by atoms with Gasteiger partial charge in [0.25, 0.3) is 5.91 Å². The summed E-state index contributed by atoms with van der Waals surface area (Å²) in [6.45, 7) is 7.87. The van der Waals surface area contributed by atoms with Crippen molar-refractivity contribution in [2.24, 2.45) is 5.92 Å². The summed E-state index contributed by atoms with van der Waals surface area (Å²) in [6.07, 6.45) is 8.76. The summed E-state index contributed by atoms with van der Waals surface area (Å²) in [7, 11) is 0. The van der Waals surface area contributed by atoms with Gasteiger partial charge in [-0.25, -0.2) is 14.4 Å². The van der Waals surface area contributed by atoms with Crippen LogP contribution in [0.5, 0.6) is 5.88 Å². The molecule has 1 amide bonds. The minimum absolute atomic E-state index is 0.107. The molecule has 2 fully saturated rings. The number of rotatable bonds is 7. The van der Waals surface area contributed by atoms with Gasteiger partial charge in [-0.3, -0.25) is 4.79 Å². The van der Waals surface area contributed by atoms with Gasteiger partial charge in [-0.1, -0.05) is 12.1 Å². The highest BCUT2D eigenvalue weighted by atomic mass is 19.1. The molecule has 0 radical (unpaired) electrons. The molecule has 0 unspecified atom stereocenters. The molecule has 0 bridgehead atoms. The fourth-order valence-corrected chi connectivity index (χ4v) is 4.65. The van der Waals surface area contributed by atoms with Crippen LogP contribution in [0.4, 0.5) is 4.39 Å². The van der Waals surface area contributed by atoms with E-state index >= 15 is 0 Å². The summed E-state index contributed by atoms with van der Waals surface area (Å²) in [6, 6.07) is 7.59. The molecule has 0 N–H and O–H groups in total. The third-order valence-corrected chi connectivity index (χ3v) is 6.47. The number of carbonyl (C=O) groups excluding carboxylic acids is 1. The summed E-state index contributed by atoms with van der Waals surface area (Å²) in [5, 5.41) is 0. The van der Waals surface area contributed by atoms with Gasteiger partial charge in [0.1, 0.15) is 5.67 Å². The first-order chi connectivity index (χ1) is 15.9. The van der Waals surface area contributed by atoms with Gasteiger partial charge in [0.15, 0.2) is 0 Å². The van der Waals surface area contributed by atoms with Crippen molar-refractivity contribution in [2.45, 2.75) is 51.6 Å². The number of alkyl halides is 1. The number of amides is 1. The van der Waals surface area contributed by atoms with Gasteiger partial charge in [0.05, 0.1) is 24.7 Å². The van der Waals surface area contributed by atoms with Crippen molar-refractivity contribution in [1.29, 1.82) is 0 Å². The van der Waals surface area contributed by atoms with Crippen LogP contribution in [0.15, 0.2) is 36.7 Å². The lowest BCUT2D eigenvalue weighted by Gasteiger charge is -2.34. The van der Waals surface area contributed by atoms with E-state index < -0.39 is 5.67 Å². The highest BCUT2D eigenvalue weighted by Crippen LogP contribution is 2.23. The predicted octanol–water partition coefficient (Wildman–Crippen LogP) is 4.61. The molecule has 1 aromatic carbocycles. The Labute approximate surface area is 196 Å². The number of halogens is 1. The number of carbonyl (C=O) groups is 1. The number of hydrogen-bond acceptors (Lipinski definition) is 5. The Kier molecular flexibility index (Phi) is 7.58. The second-order valence-electron chi connectivity index (χ2n) is 9.92. The van der Waals surface area contributed by atoms with Crippen molar-refractivity contribution in [3.8, 4) is 17.1 Å². The van der Waals surface area contributed by atoms with Gasteiger partial charge in [-0.05, 0) is 77.1 Å². The van der Waals surface area contributed by atoms with Crippen LogP contribution in [-0.2, 0) is 0 Å². The van der Waals surface area contributed by atoms with Crippen LogP contribution in [0.25, 0.3) is 11.3 Å². The monoisotopic (exact) mass is 454 g/mol. The lowest BCUT2D eigenvalue weighted by Crippen LogP contribution is -2.41. The number of nitrogens with zero attached hydrogens (tertiary/aromatic N) is 4. The van der Waals surface area contributed by atoms with Gasteiger partial charge in [-0.2, -0.15) is 0 Å². The number of aromatic nitrogens is 2. The maximum absolute atomic E-state index is 13.8. The quantitative estimate of drug-likeness (QED) is 0.612. The van der Waals surface area contributed by atoms with E-state index in [9.17, 15) is 9.18 Å². The summed E-state index contributed by atoms with van der Waals surface area (Å²) in [5.74, 6) is 1.08. The summed E-state index contributed by atoms with van der Waals surface area (Å²) < 4.78 is 19.7. The fraction of sp³-hybridized carbons (Fsp3) is 0.577. The average Bonchev–Trinajstić information content (AvgIpc) is 2.83. The molecule has 1 aromatic heterocycles. The molecule has 0 atom stereocenters. The molecule has 0 saturated carbocycles. The average molecular weight is 455 g/mol. The largest absolute Gasteiger partial charge is 0.476 e. The number of piperidine rings is 2. The second kappa shape index (κ2) is 10.6. The molecular weight excluding hydrogens is 419 g/mol. The SMILES string of the molecule is CC(C)(F)CN1CCC(COc2cnc(-c3ccc(C(=O)N4CCCCC4)cc3)cn2)CC1. The van der Waals surface area contributed by atoms with Crippen LogP contribution in [-0.4, -0.2) is 70.7 Å². The van der Waals surface area contributed by atoms with E-state index in [0.29, 0.717) is 24.9 Å². The topological polar surface area (TPSA) is 58.6 Å². The number of likely N-dealkylation sites (tertiary alicyclic amines) is 2. The summed E-state index contributed by atoms with van der Waals surface area (Å²) >= 11 is 0. The summed E-state index contributed by atoms with van der Waals surface area (Å²) in [5.41, 5.74) is 1.24. The van der Waals surface area contributed by atoms with Crippen LogP contribution in [0.1, 0.15) is 56.3 Å².